The zero-order chi connectivity index (χ0) is 53.5. The third kappa shape index (κ3) is 59.0. The fourth-order valence-electron chi connectivity index (χ4n) is 10.5. The number of aliphatic hydroxyl groups excluding tert-OH is 1. The first-order valence-electron chi connectivity index (χ1n) is 32.9. The molecular formula is C64H132N2O6P+. The first kappa shape index (κ1) is 72.5. The van der Waals surface area contributed by atoms with Crippen molar-refractivity contribution < 1.29 is 32.9 Å². The number of aliphatic hydroxyl groups is 1. The molecule has 0 aromatic heterocycles. The molecule has 0 aromatic rings. The summed E-state index contributed by atoms with van der Waals surface area (Å²) in [5.41, 5.74) is 0. The highest BCUT2D eigenvalue weighted by atomic mass is 31.2. The molecule has 0 saturated carbocycles. The topological polar surface area (TPSA) is 105 Å². The van der Waals surface area contributed by atoms with Crippen molar-refractivity contribution in [3.63, 3.8) is 0 Å². The Labute approximate surface area is 457 Å². The summed E-state index contributed by atoms with van der Waals surface area (Å²) in [5.74, 6) is -0.135. The number of phosphoric ester groups is 1. The second-order valence-corrected chi connectivity index (χ2v) is 25.7. The Morgan fingerprint density at radius 2 is 0.658 bits per heavy atom. The fourth-order valence-corrected chi connectivity index (χ4v) is 11.2. The number of hydrogen-bond acceptors (Lipinski definition) is 5. The number of hydrogen-bond donors (Lipinski definition) is 3. The summed E-state index contributed by atoms with van der Waals surface area (Å²) in [6, 6.07) is -0.756. The number of carbonyl (C=O) groups excluding carboxylic acids is 1. The van der Waals surface area contributed by atoms with Gasteiger partial charge in [-0.05, 0) is 12.8 Å². The predicted octanol–water partition coefficient (Wildman–Crippen LogP) is 20.4. The van der Waals surface area contributed by atoms with Gasteiger partial charge >= 0.3 is 7.82 Å². The van der Waals surface area contributed by atoms with E-state index >= 15 is 0 Å². The molecule has 9 heteroatoms. The third-order valence-electron chi connectivity index (χ3n) is 15.6. The minimum Gasteiger partial charge on any atom is -0.391 e. The van der Waals surface area contributed by atoms with E-state index in [1.54, 1.807) is 0 Å². The number of amides is 1. The highest BCUT2D eigenvalue weighted by Crippen LogP contribution is 2.43. The number of phosphoric acid groups is 1. The number of nitrogens with one attached hydrogen (secondary N) is 1. The molecule has 0 heterocycles. The van der Waals surface area contributed by atoms with Gasteiger partial charge in [-0.15, -0.1) is 0 Å². The smallest absolute Gasteiger partial charge is 0.391 e. The van der Waals surface area contributed by atoms with Crippen molar-refractivity contribution in [3.8, 4) is 0 Å². The average Bonchev–Trinajstić information content (AvgIpc) is 3.35. The van der Waals surface area contributed by atoms with E-state index in [4.69, 9.17) is 9.05 Å². The third-order valence-corrected chi connectivity index (χ3v) is 16.6. The van der Waals surface area contributed by atoms with Crippen molar-refractivity contribution >= 4 is 13.7 Å². The number of nitrogens with zero attached hydrogens (tertiary/aromatic N) is 1. The summed E-state index contributed by atoms with van der Waals surface area (Å²) in [5, 5.41) is 14.1. The quantitative estimate of drug-likeness (QED) is 0.0318. The zero-order valence-electron chi connectivity index (χ0n) is 50.2. The molecule has 0 aliphatic heterocycles. The van der Waals surface area contributed by atoms with Gasteiger partial charge in [0.25, 0.3) is 0 Å². The lowest BCUT2D eigenvalue weighted by Crippen LogP contribution is -2.46. The zero-order valence-corrected chi connectivity index (χ0v) is 51.1. The molecule has 0 aliphatic rings. The molecule has 0 saturated heterocycles. The molecule has 0 aliphatic carbocycles. The van der Waals surface area contributed by atoms with Crippen molar-refractivity contribution in [2.75, 3.05) is 40.9 Å². The summed E-state index contributed by atoms with van der Waals surface area (Å²) in [6.07, 6.45) is 69.1. The summed E-state index contributed by atoms with van der Waals surface area (Å²) in [7, 11) is 1.64. The Morgan fingerprint density at radius 1 is 0.411 bits per heavy atom. The Balaban J connectivity index is 4.00. The number of rotatable bonds is 62. The molecule has 3 unspecified atom stereocenters. The molecule has 3 atom stereocenters. The van der Waals surface area contributed by atoms with E-state index in [0.717, 1.165) is 38.5 Å². The van der Waals surface area contributed by atoms with Gasteiger partial charge in [-0.25, -0.2) is 4.57 Å². The van der Waals surface area contributed by atoms with Gasteiger partial charge in [0, 0.05) is 6.42 Å². The molecule has 8 nitrogen and oxygen atoms in total. The Bertz CT molecular complexity index is 1150. The second kappa shape index (κ2) is 56.2. The van der Waals surface area contributed by atoms with Crippen LogP contribution >= 0.6 is 7.82 Å². The van der Waals surface area contributed by atoms with Crippen molar-refractivity contribution in [3.05, 3.63) is 0 Å². The van der Waals surface area contributed by atoms with Crippen LogP contribution in [-0.2, 0) is 18.4 Å². The number of quaternary nitrogens is 1. The van der Waals surface area contributed by atoms with E-state index in [2.05, 4.69) is 19.2 Å². The van der Waals surface area contributed by atoms with Gasteiger partial charge in [-0.1, -0.05) is 335 Å². The van der Waals surface area contributed by atoms with Crippen LogP contribution in [0.25, 0.3) is 0 Å². The fraction of sp³-hybridized carbons (Fsp3) is 0.984. The minimum atomic E-state index is -4.32. The maximum absolute atomic E-state index is 13.0. The van der Waals surface area contributed by atoms with Crippen LogP contribution in [0.4, 0.5) is 0 Å². The molecule has 0 bridgehead atoms. The summed E-state index contributed by atoms with van der Waals surface area (Å²) >= 11 is 0. The van der Waals surface area contributed by atoms with E-state index in [0.29, 0.717) is 23.9 Å². The Hall–Kier alpha value is -0.500. The Morgan fingerprint density at radius 3 is 0.918 bits per heavy atom. The van der Waals surface area contributed by atoms with Crippen LogP contribution in [0.15, 0.2) is 0 Å². The van der Waals surface area contributed by atoms with Crippen LogP contribution in [0.2, 0.25) is 0 Å². The first-order chi connectivity index (χ1) is 35.5. The number of likely N-dealkylation sites (N-methyl/N-ethyl adjacent to an activating group) is 1. The van der Waals surface area contributed by atoms with Crippen LogP contribution in [-0.4, -0.2) is 73.4 Å². The maximum atomic E-state index is 13.0. The molecule has 0 spiro atoms. The Kier molecular flexibility index (Phi) is 55.8. The predicted molar refractivity (Wildman–Crippen MR) is 319 cm³/mol. The summed E-state index contributed by atoms with van der Waals surface area (Å²) in [6.45, 7) is 4.96. The standard InChI is InChI=1S/C64H131N2O6P/c1-6-8-10-12-14-16-18-20-22-24-26-28-29-30-31-32-33-34-35-36-37-38-39-41-43-45-47-49-51-53-55-57-63(67)62(61-72-73(69,70)71-60-59-66(3,4)5)65-64(68)58-56-54-52-50-48-46-44-42-40-27-25-23-21-19-17-15-13-11-9-7-2/h62-63,67H,6-61H2,1-5H3,(H-,65,68,69,70)/p+1. The van der Waals surface area contributed by atoms with E-state index < -0.39 is 20.0 Å². The highest BCUT2D eigenvalue weighted by Gasteiger charge is 2.28. The van der Waals surface area contributed by atoms with Gasteiger partial charge in [0.05, 0.1) is 39.9 Å². The van der Waals surface area contributed by atoms with Crippen LogP contribution in [0, 0.1) is 0 Å². The van der Waals surface area contributed by atoms with Crippen LogP contribution < -0.4 is 5.32 Å². The first-order valence-corrected chi connectivity index (χ1v) is 34.4. The van der Waals surface area contributed by atoms with E-state index in [1.165, 1.54) is 289 Å². The molecule has 0 radical (unpaired) electrons. The average molecular weight is 1060 g/mol. The molecule has 3 N–H and O–H groups in total. The van der Waals surface area contributed by atoms with Gasteiger partial charge in [0.1, 0.15) is 13.2 Å². The SMILES string of the molecule is CCCCCCCCCCCCCCCCCCCCCCCCCCCCCCCCCC(O)C(COP(=O)(O)OCC[N+](C)(C)C)NC(=O)CCCCCCCCCCCCCCCCCCCCCC. The second-order valence-electron chi connectivity index (χ2n) is 24.2. The monoisotopic (exact) mass is 1060 g/mol. The molecule has 438 valence electrons. The van der Waals surface area contributed by atoms with Crippen molar-refractivity contribution in [1.82, 2.24) is 5.32 Å². The van der Waals surface area contributed by atoms with Crippen LogP contribution in [0.5, 0.6) is 0 Å². The molecule has 0 rings (SSSR count). The van der Waals surface area contributed by atoms with Gasteiger partial charge < -0.3 is 19.8 Å². The molecule has 1 amide bonds. The van der Waals surface area contributed by atoms with Gasteiger partial charge in [0.15, 0.2) is 0 Å². The lowest BCUT2D eigenvalue weighted by atomic mass is 10.0. The highest BCUT2D eigenvalue weighted by molar-refractivity contribution is 7.47. The van der Waals surface area contributed by atoms with Crippen molar-refractivity contribution in [1.29, 1.82) is 0 Å². The molecule has 0 aromatic carbocycles. The molecule has 73 heavy (non-hydrogen) atoms. The maximum Gasteiger partial charge on any atom is 0.472 e. The minimum absolute atomic E-state index is 0.0793. The summed E-state index contributed by atoms with van der Waals surface area (Å²) < 4.78 is 23.9. The lowest BCUT2D eigenvalue weighted by Gasteiger charge is -2.26. The summed E-state index contributed by atoms with van der Waals surface area (Å²) in [4.78, 5) is 23.4. The van der Waals surface area contributed by atoms with Gasteiger partial charge in [-0.2, -0.15) is 0 Å². The van der Waals surface area contributed by atoms with Crippen LogP contribution in [0.1, 0.15) is 354 Å². The van der Waals surface area contributed by atoms with Crippen molar-refractivity contribution in [2.45, 2.75) is 366 Å². The van der Waals surface area contributed by atoms with E-state index in [-0.39, 0.29) is 19.1 Å². The normalized spacial score (nSPS) is 13.7. The van der Waals surface area contributed by atoms with E-state index in [1.807, 2.05) is 21.1 Å². The van der Waals surface area contributed by atoms with Crippen LogP contribution in [0.3, 0.4) is 0 Å². The molecule has 0 fully saturated rings. The van der Waals surface area contributed by atoms with Gasteiger partial charge in [0.2, 0.25) is 5.91 Å². The van der Waals surface area contributed by atoms with Crippen molar-refractivity contribution in [2.24, 2.45) is 0 Å². The lowest BCUT2D eigenvalue weighted by molar-refractivity contribution is -0.870. The number of unbranched alkanes of at least 4 members (excludes halogenated alkanes) is 49. The van der Waals surface area contributed by atoms with Gasteiger partial charge in [-0.3, -0.25) is 13.8 Å². The largest absolute Gasteiger partial charge is 0.472 e. The number of carbonyl (C=O) groups is 1. The van der Waals surface area contributed by atoms with E-state index in [9.17, 15) is 19.4 Å². The molecular weight excluding hydrogens is 924 g/mol.